The minimum atomic E-state index is 0.520. The third-order valence-corrected chi connectivity index (χ3v) is 6.79. The standard InChI is InChI=1S/C19H25N5O2S/c1-25-18-10-17(20-12-21-18)24(13-2-3-13)14-4-7-23(8-5-14)19-22-15-6-9-26-11-16(15)27-19/h10,12-14H,2-9,11H2,1H3. The Labute approximate surface area is 163 Å². The number of hydrogen-bond acceptors (Lipinski definition) is 8. The highest BCUT2D eigenvalue weighted by Gasteiger charge is 2.37. The van der Waals surface area contributed by atoms with E-state index >= 15 is 0 Å². The Morgan fingerprint density at radius 2 is 2.00 bits per heavy atom. The van der Waals surface area contributed by atoms with Gasteiger partial charge in [0, 0.05) is 37.7 Å². The van der Waals surface area contributed by atoms with Crippen LogP contribution in [0.3, 0.4) is 0 Å². The molecule has 0 spiro atoms. The Hall–Kier alpha value is -1.93. The zero-order valence-corrected chi connectivity index (χ0v) is 16.5. The first-order valence-electron chi connectivity index (χ1n) is 9.77. The molecule has 1 aliphatic carbocycles. The molecule has 144 valence electrons. The molecule has 5 rings (SSSR count). The van der Waals surface area contributed by atoms with Crippen molar-refractivity contribution in [2.75, 3.05) is 36.6 Å². The molecule has 8 heteroatoms. The summed E-state index contributed by atoms with van der Waals surface area (Å²) >= 11 is 1.81. The SMILES string of the molecule is COc1cc(N(C2CC2)C2CCN(c3nc4c(s3)COCC4)CC2)ncn1. The van der Waals surface area contributed by atoms with Gasteiger partial charge in [-0.15, -0.1) is 0 Å². The Bertz CT molecular complexity index is 778. The summed E-state index contributed by atoms with van der Waals surface area (Å²) in [4.78, 5) is 19.9. The van der Waals surface area contributed by atoms with E-state index in [1.165, 1.54) is 28.5 Å². The van der Waals surface area contributed by atoms with Gasteiger partial charge in [0.15, 0.2) is 5.13 Å². The Balaban J connectivity index is 1.29. The van der Waals surface area contributed by atoms with Crippen LogP contribution in [0.4, 0.5) is 10.9 Å². The molecule has 2 aliphatic heterocycles. The van der Waals surface area contributed by atoms with Gasteiger partial charge in [0.2, 0.25) is 5.88 Å². The fourth-order valence-corrected chi connectivity index (χ4v) is 5.19. The fraction of sp³-hybridized carbons (Fsp3) is 0.632. The number of fused-ring (bicyclic) bond motifs is 1. The van der Waals surface area contributed by atoms with Crippen molar-refractivity contribution in [3.63, 3.8) is 0 Å². The maximum absolute atomic E-state index is 5.57. The highest BCUT2D eigenvalue weighted by Crippen LogP contribution is 2.37. The highest BCUT2D eigenvalue weighted by molar-refractivity contribution is 7.15. The minimum Gasteiger partial charge on any atom is -0.481 e. The van der Waals surface area contributed by atoms with Gasteiger partial charge in [0.05, 0.1) is 30.9 Å². The summed E-state index contributed by atoms with van der Waals surface area (Å²) in [6, 6.07) is 3.11. The topological polar surface area (TPSA) is 63.6 Å². The van der Waals surface area contributed by atoms with E-state index in [0.717, 1.165) is 51.4 Å². The molecule has 0 atom stereocenters. The summed E-state index contributed by atoms with van der Waals surface area (Å²) in [5.41, 5.74) is 1.25. The number of anilines is 2. The number of thiazole rings is 1. The number of aromatic nitrogens is 3. The molecule has 0 bridgehead atoms. The Morgan fingerprint density at radius 1 is 1.19 bits per heavy atom. The van der Waals surface area contributed by atoms with E-state index < -0.39 is 0 Å². The number of nitrogens with zero attached hydrogens (tertiary/aromatic N) is 5. The van der Waals surface area contributed by atoms with E-state index in [1.807, 2.05) is 17.4 Å². The van der Waals surface area contributed by atoms with Crippen LogP contribution in [0.5, 0.6) is 5.88 Å². The lowest BCUT2D eigenvalue weighted by molar-refractivity contribution is 0.112. The molecule has 3 aliphatic rings. The van der Waals surface area contributed by atoms with E-state index in [-0.39, 0.29) is 0 Å². The van der Waals surface area contributed by atoms with Crippen LogP contribution in [0.2, 0.25) is 0 Å². The van der Waals surface area contributed by atoms with Gasteiger partial charge in [-0.25, -0.2) is 15.0 Å². The molecule has 0 N–H and O–H groups in total. The predicted molar refractivity (Wildman–Crippen MR) is 105 cm³/mol. The number of piperidine rings is 1. The number of methoxy groups -OCH3 is 1. The second kappa shape index (κ2) is 7.24. The van der Waals surface area contributed by atoms with Crippen molar-refractivity contribution < 1.29 is 9.47 Å². The van der Waals surface area contributed by atoms with Crippen LogP contribution < -0.4 is 14.5 Å². The van der Waals surface area contributed by atoms with E-state index in [0.29, 0.717) is 18.0 Å². The summed E-state index contributed by atoms with van der Waals surface area (Å²) in [6.07, 6.45) is 7.33. The molecule has 2 fully saturated rings. The summed E-state index contributed by atoms with van der Waals surface area (Å²) in [6.45, 7) is 3.62. The van der Waals surface area contributed by atoms with Crippen LogP contribution in [-0.4, -0.2) is 53.8 Å². The normalized spacial score (nSPS) is 20.4. The van der Waals surface area contributed by atoms with E-state index in [2.05, 4.69) is 19.8 Å². The molecule has 27 heavy (non-hydrogen) atoms. The van der Waals surface area contributed by atoms with Crippen molar-refractivity contribution in [1.29, 1.82) is 0 Å². The molecule has 0 amide bonds. The molecule has 1 saturated heterocycles. The molecule has 0 aromatic carbocycles. The third-order valence-electron chi connectivity index (χ3n) is 5.65. The lowest BCUT2D eigenvalue weighted by Crippen LogP contribution is -2.46. The predicted octanol–water partition coefficient (Wildman–Crippen LogP) is 2.65. The summed E-state index contributed by atoms with van der Waals surface area (Å²) in [5.74, 6) is 1.64. The molecule has 0 radical (unpaired) electrons. The second-order valence-electron chi connectivity index (χ2n) is 7.44. The number of hydrogen-bond donors (Lipinski definition) is 0. The largest absolute Gasteiger partial charge is 0.481 e. The van der Waals surface area contributed by atoms with Crippen LogP contribution in [0.1, 0.15) is 36.3 Å². The summed E-state index contributed by atoms with van der Waals surface area (Å²) in [7, 11) is 1.66. The average molecular weight is 388 g/mol. The van der Waals surface area contributed by atoms with Crippen LogP contribution in [-0.2, 0) is 17.8 Å². The summed E-state index contributed by atoms with van der Waals surface area (Å²) in [5, 5.41) is 1.17. The maximum Gasteiger partial charge on any atom is 0.218 e. The van der Waals surface area contributed by atoms with Crippen LogP contribution in [0.15, 0.2) is 12.4 Å². The van der Waals surface area contributed by atoms with Gasteiger partial charge in [-0.05, 0) is 25.7 Å². The first kappa shape index (κ1) is 17.2. The lowest BCUT2D eigenvalue weighted by Gasteiger charge is -2.39. The van der Waals surface area contributed by atoms with Gasteiger partial charge in [-0.1, -0.05) is 11.3 Å². The quantitative estimate of drug-likeness (QED) is 0.781. The molecular formula is C19H25N5O2S. The van der Waals surface area contributed by atoms with Crippen molar-refractivity contribution >= 4 is 22.3 Å². The molecule has 0 unspecified atom stereocenters. The molecule has 4 heterocycles. The van der Waals surface area contributed by atoms with E-state index in [1.54, 1.807) is 13.4 Å². The van der Waals surface area contributed by atoms with Crippen LogP contribution in [0.25, 0.3) is 0 Å². The number of ether oxygens (including phenoxy) is 2. The zero-order chi connectivity index (χ0) is 18.2. The Morgan fingerprint density at radius 3 is 2.74 bits per heavy atom. The Kier molecular flexibility index (Phi) is 4.61. The lowest BCUT2D eigenvalue weighted by atomic mass is 10.0. The first-order valence-corrected chi connectivity index (χ1v) is 10.6. The van der Waals surface area contributed by atoms with Crippen molar-refractivity contribution in [3.05, 3.63) is 23.0 Å². The van der Waals surface area contributed by atoms with Gasteiger partial charge >= 0.3 is 0 Å². The maximum atomic E-state index is 5.57. The molecule has 2 aromatic rings. The van der Waals surface area contributed by atoms with Gasteiger partial charge in [-0.2, -0.15) is 0 Å². The fourth-order valence-electron chi connectivity index (χ4n) is 4.09. The number of rotatable bonds is 5. The third kappa shape index (κ3) is 3.48. The molecule has 7 nitrogen and oxygen atoms in total. The van der Waals surface area contributed by atoms with Crippen molar-refractivity contribution in [2.45, 2.75) is 50.8 Å². The van der Waals surface area contributed by atoms with E-state index in [9.17, 15) is 0 Å². The molecule has 1 saturated carbocycles. The van der Waals surface area contributed by atoms with Gasteiger partial charge in [0.25, 0.3) is 0 Å². The zero-order valence-electron chi connectivity index (χ0n) is 15.6. The van der Waals surface area contributed by atoms with Crippen molar-refractivity contribution in [2.24, 2.45) is 0 Å². The average Bonchev–Trinajstić information content (AvgIpc) is 3.45. The highest BCUT2D eigenvalue weighted by atomic mass is 32.1. The van der Waals surface area contributed by atoms with Crippen LogP contribution in [0, 0.1) is 0 Å². The smallest absolute Gasteiger partial charge is 0.218 e. The first-order chi connectivity index (χ1) is 13.3. The van der Waals surface area contributed by atoms with Crippen molar-refractivity contribution in [1.82, 2.24) is 15.0 Å². The molecule has 2 aromatic heterocycles. The second-order valence-corrected chi connectivity index (χ2v) is 8.51. The van der Waals surface area contributed by atoms with Crippen molar-refractivity contribution in [3.8, 4) is 5.88 Å². The summed E-state index contributed by atoms with van der Waals surface area (Å²) < 4.78 is 10.9. The minimum absolute atomic E-state index is 0.520. The van der Waals surface area contributed by atoms with Gasteiger partial charge in [0.1, 0.15) is 12.1 Å². The van der Waals surface area contributed by atoms with Crippen LogP contribution >= 0.6 is 11.3 Å². The molecular weight excluding hydrogens is 362 g/mol. The van der Waals surface area contributed by atoms with E-state index in [4.69, 9.17) is 14.5 Å². The van der Waals surface area contributed by atoms with Gasteiger partial charge in [-0.3, -0.25) is 0 Å². The monoisotopic (exact) mass is 387 g/mol. The van der Waals surface area contributed by atoms with Gasteiger partial charge < -0.3 is 19.3 Å².